The molecular formula is C14H11FN4S. The molecular weight excluding hydrogens is 275 g/mol. The van der Waals surface area contributed by atoms with Gasteiger partial charge in [0.1, 0.15) is 21.2 Å². The van der Waals surface area contributed by atoms with Crippen LogP contribution in [0.15, 0.2) is 35.6 Å². The Morgan fingerprint density at radius 1 is 1.35 bits per heavy atom. The Balaban J connectivity index is 1.78. The number of hydrogen-bond donors (Lipinski definition) is 1. The molecule has 20 heavy (non-hydrogen) atoms. The molecule has 0 bridgehead atoms. The van der Waals surface area contributed by atoms with Gasteiger partial charge < -0.3 is 5.32 Å². The van der Waals surface area contributed by atoms with E-state index < -0.39 is 5.95 Å². The van der Waals surface area contributed by atoms with Crippen LogP contribution >= 0.6 is 11.3 Å². The van der Waals surface area contributed by atoms with Crippen LogP contribution in [-0.4, -0.2) is 15.8 Å². The van der Waals surface area contributed by atoms with Crippen molar-refractivity contribution < 1.29 is 4.39 Å². The van der Waals surface area contributed by atoms with Crippen molar-refractivity contribution in [2.75, 3.05) is 0 Å². The van der Waals surface area contributed by atoms with Gasteiger partial charge in [0.15, 0.2) is 0 Å². The van der Waals surface area contributed by atoms with Gasteiger partial charge in [0.05, 0.1) is 0 Å². The summed E-state index contributed by atoms with van der Waals surface area (Å²) in [5.74, 6) is 0.493. The number of hydrogen-bond acceptors (Lipinski definition) is 5. The summed E-state index contributed by atoms with van der Waals surface area (Å²) in [6.07, 6.45) is 6.71. The SMILES string of the molecule is CC12C=CNC1=NC=C(c1nc3ccc(F)nc3s1)C2. The Bertz CT molecular complexity index is 805. The number of aliphatic imine (C=N–C) groups is 1. The number of fused-ring (bicyclic) bond motifs is 2. The maximum Gasteiger partial charge on any atom is 0.214 e. The molecule has 6 heteroatoms. The van der Waals surface area contributed by atoms with Crippen molar-refractivity contribution in [2.45, 2.75) is 13.3 Å². The standard InChI is InChI=1S/C14H11FN4S/c1-14-4-5-16-13(14)17-7-8(6-14)11-18-9-2-3-10(15)19-12(9)20-11/h2-5,7H,6H2,1H3,(H,16,17). The van der Waals surface area contributed by atoms with E-state index in [1.807, 2.05) is 12.4 Å². The van der Waals surface area contributed by atoms with E-state index in [-0.39, 0.29) is 5.41 Å². The predicted octanol–water partition coefficient (Wildman–Crippen LogP) is 3.10. The highest BCUT2D eigenvalue weighted by Gasteiger charge is 2.35. The molecule has 0 aliphatic carbocycles. The number of nitrogens with zero attached hydrogens (tertiary/aromatic N) is 3. The first kappa shape index (κ1) is 11.7. The molecule has 2 aliphatic heterocycles. The Hall–Kier alpha value is -2.08. The summed E-state index contributed by atoms with van der Waals surface area (Å²) >= 11 is 1.41. The maximum absolute atomic E-state index is 13.1. The second-order valence-corrected chi connectivity index (χ2v) is 6.16. The zero-order valence-electron chi connectivity index (χ0n) is 10.7. The van der Waals surface area contributed by atoms with Crippen LogP contribution in [0.5, 0.6) is 0 Å². The highest BCUT2D eigenvalue weighted by molar-refractivity contribution is 7.19. The van der Waals surface area contributed by atoms with E-state index in [1.54, 1.807) is 6.07 Å². The van der Waals surface area contributed by atoms with Gasteiger partial charge in [-0.05, 0) is 31.7 Å². The molecule has 1 atom stereocenters. The third-order valence-electron chi connectivity index (χ3n) is 3.62. The number of pyridine rings is 1. The van der Waals surface area contributed by atoms with E-state index in [9.17, 15) is 4.39 Å². The molecule has 2 aliphatic rings. The van der Waals surface area contributed by atoms with Crippen molar-refractivity contribution in [2.24, 2.45) is 10.4 Å². The highest BCUT2D eigenvalue weighted by atomic mass is 32.1. The molecule has 2 aromatic rings. The zero-order valence-corrected chi connectivity index (χ0v) is 11.5. The van der Waals surface area contributed by atoms with Crippen LogP contribution in [0.2, 0.25) is 0 Å². The first-order valence-corrected chi connectivity index (χ1v) is 7.11. The van der Waals surface area contributed by atoms with Gasteiger partial charge in [-0.15, -0.1) is 0 Å². The zero-order chi connectivity index (χ0) is 13.7. The van der Waals surface area contributed by atoms with Crippen LogP contribution in [-0.2, 0) is 0 Å². The van der Waals surface area contributed by atoms with Crippen LogP contribution in [0, 0.1) is 11.4 Å². The highest BCUT2D eigenvalue weighted by Crippen LogP contribution is 2.40. The summed E-state index contributed by atoms with van der Waals surface area (Å²) in [6.45, 7) is 2.14. The van der Waals surface area contributed by atoms with Crippen molar-refractivity contribution >= 4 is 33.1 Å². The summed E-state index contributed by atoms with van der Waals surface area (Å²) in [6, 6.07) is 3.00. The van der Waals surface area contributed by atoms with Gasteiger partial charge in [0, 0.05) is 17.2 Å². The number of amidine groups is 1. The lowest BCUT2D eigenvalue weighted by molar-refractivity contribution is 0.589. The van der Waals surface area contributed by atoms with Gasteiger partial charge in [0.25, 0.3) is 0 Å². The van der Waals surface area contributed by atoms with E-state index in [2.05, 4.69) is 33.3 Å². The van der Waals surface area contributed by atoms with E-state index in [1.165, 1.54) is 17.4 Å². The summed E-state index contributed by atoms with van der Waals surface area (Å²) in [4.78, 5) is 13.5. The molecule has 100 valence electrons. The first-order chi connectivity index (χ1) is 9.64. The number of aromatic nitrogens is 2. The van der Waals surface area contributed by atoms with E-state index in [0.717, 1.165) is 28.4 Å². The molecule has 1 N–H and O–H groups in total. The molecule has 0 amide bonds. The minimum absolute atomic E-state index is 0.0966. The minimum Gasteiger partial charge on any atom is -0.350 e. The predicted molar refractivity (Wildman–Crippen MR) is 77.8 cm³/mol. The van der Waals surface area contributed by atoms with Gasteiger partial charge in [-0.25, -0.2) is 15.0 Å². The van der Waals surface area contributed by atoms with Crippen LogP contribution in [0.4, 0.5) is 4.39 Å². The summed E-state index contributed by atoms with van der Waals surface area (Å²) in [5.41, 5.74) is 1.70. The molecule has 4 heterocycles. The van der Waals surface area contributed by atoms with E-state index in [4.69, 9.17) is 0 Å². The monoisotopic (exact) mass is 286 g/mol. The fraction of sp³-hybridized carbons (Fsp3) is 0.214. The first-order valence-electron chi connectivity index (χ1n) is 6.29. The maximum atomic E-state index is 13.1. The molecule has 2 aromatic heterocycles. The molecule has 1 unspecified atom stereocenters. The summed E-state index contributed by atoms with van der Waals surface area (Å²) in [5, 5.41) is 4.01. The lowest BCUT2D eigenvalue weighted by atomic mass is 9.82. The van der Waals surface area contributed by atoms with Gasteiger partial charge in [-0.2, -0.15) is 4.39 Å². The van der Waals surface area contributed by atoms with Crippen LogP contribution < -0.4 is 5.32 Å². The molecule has 0 aromatic carbocycles. The normalized spacial score (nSPS) is 24.3. The lowest BCUT2D eigenvalue weighted by Gasteiger charge is -2.26. The van der Waals surface area contributed by atoms with Crippen LogP contribution in [0.25, 0.3) is 15.9 Å². The van der Waals surface area contributed by atoms with Gasteiger partial charge in [0.2, 0.25) is 5.95 Å². The molecule has 0 fully saturated rings. The van der Waals surface area contributed by atoms with Crippen molar-refractivity contribution in [1.82, 2.24) is 15.3 Å². The van der Waals surface area contributed by atoms with Crippen molar-refractivity contribution in [3.63, 3.8) is 0 Å². The molecule has 0 spiro atoms. The average Bonchev–Trinajstić information content (AvgIpc) is 2.99. The van der Waals surface area contributed by atoms with Crippen LogP contribution in [0.1, 0.15) is 18.4 Å². The van der Waals surface area contributed by atoms with E-state index in [0.29, 0.717) is 4.83 Å². The Labute approximate surface area is 118 Å². The van der Waals surface area contributed by atoms with Gasteiger partial charge >= 0.3 is 0 Å². The Morgan fingerprint density at radius 2 is 2.25 bits per heavy atom. The van der Waals surface area contributed by atoms with Gasteiger partial charge in [-0.1, -0.05) is 17.4 Å². The fourth-order valence-electron chi connectivity index (χ4n) is 2.52. The number of allylic oxidation sites excluding steroid dienone is 1. The van der Waals surface area contributed by atoms with Gasteiger partial charge in [-0.3, -0.25) is 0 Å². The molecule has 0 saturated heterocycles. The summed E-state index contributed by atoms with van der Waals surface area (Å²) < 4.78 is 13.1. The minimum atomic E-state index is -0.472. The average molecular weight is 286 g/mol. The van der Waals surface area contributed by atoms with Crippen LogP contribution in [0.3, 0.4) is 0 Å². The number of nitrogens with one attached hydrogen (secondary N) is 1. The summed E-state index contributed by atoms with van der Waals surface area (Å²) in [7, 11) is 0. The van der Waals surface area contributed by atoms with Crippen molar-refractivity contribution in [3.05, 3.63) is 41.6 Å². The third-order valence-corrected chi connectivity index (χ3v) is 4.66. The second-order valence-electron chi connectivity index (χ2n) is 5.18. The molecule has 0 saturated carbocycles. The third kappa shape index (κ3) is 1.68. The van der Waals surface area contributed by atoms with Crippen molar-refractivity contribution in [3.8, 4) is 0 Å². The topological polar surface area (TPSA) is 50.2 Å². The number of halogens is 1. The smallest absolute Gasteiger partial charge is 0.214 e. The fourth-order valence-corrected chi connectivity index (χ4v) is 3.46. The van der Waals surface area contributed by atoms with E-state index >= 15 is 0 Å². The largest absolute Gasteiger partial charge is 0.350 e. The molecule has 4 nitrogen and oxygen atoms in total. The number of rotatable bonds is 1. The lowest BCUT2D eigenvalue weighted by Crippen LogP contribution is -2.31. The Morgan fingerprint density at radius 3 is 3.15 bits per heavy atom. The Kier molecular flexibility index (Phi) is 2.32. The molecule has 0 radical (unpaired) electrons. The second kappa shape index (κ2) is 3.96. The van der Waals surface area contributed by atoms with Crippen molar-refractivity contribution in [1.29, 1.82) is 0 Å². The quantitative estimate of drug-likeness (QED) is 0.820. The molecule has 4 rings (SSSR count). The number of thiazole rings is 1.